The molecule has 0 aliphatic heterocycles. The number of ether oxygens (including phenoxy) is 3. The van der Waals surface area contributed by atoms with Gasteiger partial charge in [0.1, 0.15) is 0 Å². The third-order valence-electron chi connectivity index (χ3n) is 2.64. The van der Waals surface area contributed by atoms with E-state index in [-0.39, 0.29) is 6.42 Å². The van der Waals surface area contributed by atoms with Gasteiger partial charge in [-0.2, -0.15) is 4.37 Å². The van der Waals surface area contributed by atoms with Crippen molar-refractivity contribution in [3.63, 3.8) is 0 Å². The Morgan fingerprint density at radius 3 is 2.19 bits per heavy atom. The van der Waals surface area contributed by atoms with E-state index >= 15 is 0 Å². The maximum absolute atomic E-state index is 12.1. The minimum atomic E-state index is -1.95. The number of methoxy groups -OCH3 is 3. The minimum absolute atomic E-state index is 0.146. The quantitative estimate of drug-likeness (QED) is 0.578. The molecule has 0 unspecified atom stereocenters. The molecular weight excluding hydrogens is 300 g/mol. The molecule has 0 aliphatic rings. The van der Waals surface area contributed by atoms with Crippen LogP contribution in [0.2, 0.25) is 0 Å². The molecule has 1 heterocycles. The molecule has 9 heteroatoms. The lowest BCUT2D eigenvalue weighted by molar-refractivity contribution is -0.165. The maximum atomic E-state index is 12.1. The molecule has 0 radical (unpaired) electrons. The molecule has 116 valence electrons. The first kappa shape index (κ1) is 16.9. The lowest BCUT2D eigenvalue weighted by atomic mass is 9.94. The third-order valence-corrected chi connectivity index (χ3v) is 3.41. The van der Waals surface area contributed by atoms with Gasteiger partial charge in [-0.05, 0) is 11.5 Å². The Morgan fingerprint density at radius 2 is 1.81 bits per heavy atom. The third kappa shape index (κ3) is 3.69. The Morgan fingerprint density at radius 1 is 1.24 bits per heavy atom. The number of carbonyl (C=O) groups excluding carboxylic acids is 3. The second kappa shape index (κ2) is 7.02. The molecule has 8 nitrogen and oxygen atoms in total. The summed E-state index contributed by atoms with van der Waals surface area (Å²) in [5.74, 6) is -2.06. The van der Waals surface area contributed by atoms with Crippen LogP contribution in [0.25, 0.3) is 0 Å². The minimum Gasteiger partial charge on any atom is -0.480 e. The van der Waals surface area contributed by atoms with E-state index in [1.165, 1.54) is 14.0 Å². The predicted octanol–water partition coefficient (Wildman–Crippen LogP) is -0.0849. The zero-order valence-corrected chi connectivity index (χ0v) is 12.9. The van der Waals surface area contributed by atoms with Crippen LogP contribution in [0.1, 0.15) is 11.8 Å². The van der Waals surface area contributed by atoms with Gasteiger partial charge < -0.3 is 19.5 Å². The Kier molecular flexibility index (Phi) is 5.65. The fourth-order valence-corrected chi connectivity index (χ4v) is 2.53. The normalized spacial score (nSPS) is 10.7. The van der Waals surface area contributed by atoms with Crippen LogP contribution in [-0.2, 0) is 30.3 Å². The van der Waals surface area contributed by atoms with E-state index in [1.807, 2.05) is 0 Å². The topological polar surface area (TPSA) is 104 Å². The van der Waals surface area contributed by atoms with Gasteiger partial charge in [-0.3, -0.25) is 4.79 Å². The van der Waals surface area contributed by atoms with Gasteiger partial charge in [0.05, 0.1) is 21.3 Å². The van der Waals surface area contributed by atoms with Crippen molar-refractivity contribution >= 4 is 29.4 Å². The smallest absolute Gasteiger partial charge is 0.343 e. The van der Waals surface area contributed by atoms with Crippen LogP contribution in [0.15, 0.2) is 6.07 Å². The highest BCUT2D eigenvalue weighted by Gasteiger charge is 2.50. The second-order valence-electron chi connectivity index (χ2n) is 4.08. The van der Waals surface area contributed by atoms with Gasteiger partial charge in [0.25, 0.3) is 0 Å². The summed E-state index contributed by atoms with van der Waals surface area (Å²) in [6.07, 6.45) is -0.146. The van der Waals surface area contributed by atoms with Gasteiger partial charge in [-0.15, -0.1) is 0 Å². The molecule has 0 aliphatic carbocycles. The molecule has 0 saturated carbocycles. The van der Waals surface area contributed by atoms with Crippen molar-refractivity contribution in [1.29, 1.82) is 0 Å². The van der Waals surface area contributed by atoms with E-state index in [2.05, 4.69) is 19.2 Å². The van der Waals surface area contributed by atoms with Crippen LogP contribution in [-0.4, -0.2) is 49.1 Å². The van der Waals surface area contributed by atoms with Crippen molar-refractivity contribution in [1.82, 2.24) is 9.69 Å². The highest BCUT2D eigenvalue weighted by Crippen LogP contribution is 2.24. The molecule has 1 N–H and O–H groups in total. The monoisotopic (exact) mass is 316 g/mol. The first-order valence-electron chi connectivity index (χ1n) is 5.84. The molecule has 0 bridgehead atoms. The number of esters is 2. The fourth-order valence-electron chi connectivity index (χ4n) is 1.76. The summed E-state index contributed by atoms with van der Waals surface area (Å²) in [5.41, 5.74) is -1.95. The number of carbonyl (C=O) groups is 3. The molecule has 0 spiro atoms. The lowest BCUT2D eigenvalue weighted by Gasteiger charge is -2.28. The van der Waals surface area contributed by atoms with Gasteiger partial charge in [0.2, 0.25) is 17.3 Å². The predicted molar refractivity (Wildman–Crippen MR) is 72.9 cm³/mol. The molecule has 1 amide bonds. The standard InChI is InChI=1S/C12H16N2O6S/c1-7(15)13-12(10(16)19-3,11(17)20-4)6-8-5-9(18-2)14-21-8/h5H,6H2,1-4H3,(H,13,15). The molecule has 1 aromatic rings. The van der Waals surface area contributed by atoms with Crippen LogP contribution in [0.5, 0.6) is 5.88 Å². The van der Waals surface area contributed by atoms with Crippen LogP contribution < -0.4 is 10.1 Å². The molecular formula is C12H16N2O6S. The van der Waals surface area contributed by atoms with Crippen molar-refractivity contribution in [2.75, 3.05) is 21.3 Å². The number of nitrogens with one attached hydrogen (secondary N) is 1. The van der Waals surface area contributed by atoms with Crippen molar-refractivity contribution in [2.45, 2.75) is 18.9 Å². The summed E-state index contributed by atoms with van der Waals surface area (Å²) < 4.78 is 18.2. The summed E-state index contributed by atoms with van der Waals surface area (Å²) in [4.78, 5) is 36.1. The van der Waals surface area contributed by atoms with E-state index in [4.69, 9.17) is 4.74 Å². The summed E-state index contributed by atoms with van der Waals surface area (Å²) in [5, 5.41) is 2.32. The zero-order valence-electron chi connectivity index (χ0n) is 12.1. The van der Waals surface area contributed by atoms with Crippen LogP contribution in [0.3, 0.4) is 0 Å². The summed E-state index contributed by atoms with van der Waals surface area (Å²) in [6, 6.07) is 1.56. The molecule has 1 rings (SSSR count). The van der Waals surface area contributed by atoms with E-state index in [9.17, 15) is 14.4 Å². The van der Waals surface area contributed by atoms with Crippen molar-refractivity contribution in [2.24, 2.45) is 0 Å². The van der Waals surface area contributed by atoms with Crippen LogP contribution >= 0.6 is 11.5 Å². The highest BCUT2D eigenvalue weighted by molar-refractivity contribution is 7.05. The average molecular weight is 316 g/mol. The van der Waals surface area contributed by atoms with E-state index in [0.29, 0.717) is 10.8 Å². The van der Waals surface area contributed by atoms with Gasteiger partial charge in [-0.1, -0.05) is 0 Å². The number of amides is 1. The number of hydrogen-bond donors (Lipinski definition) is 1. The Bertz CT molecular complexity index is 526. The Hall–Kier alpha value is -2.16. The van der Waals surface area contributed by atoms with Crippen molar-refractivity contribution in [3.05, 3.63) is 10.9 Å². The number of aromatic nitrogens is 1. The van der Waals surface area contributed by atoms with Gasteiger partial charge >= 0.3 is 11.9 Å². The first-order chi connectivity index (χ1) is 9.89. The van der Waals surface area contributed by atoms with Gasteiger partial charge in [0.15, 0.2) is 0 Å². The van der Waals surface area contributed by atoms with Crippen LogP contribution in [0.4, 0.5) is 0 Å². The molecule has 0 fully saturated rings. The number of nitrogens with zero attached hydrogens (tertiary/aromatic N) is 1. The summed E-state index contributed by atoms with van der Waals surface area (Å²) in [7, 11) is 3.69. The number of hydrogen-bond acceptors (Lipinski definition) is 8. The Balaban J connectivity index is 3.22. The first-order valence-corrected chi connectivity index (χ1v) is 6.62. The molecule has 21 heavy (non-hydrogen) atoms. The van der Waals surface area contributed by atoms with Crippen LogP contribution in [0, 0.1) is 0 Å². The highest BCUT2D eigenvalue weighted by atomic mass is 32.1. The maximum Gasteiger partial charge on any atom is 0.343 e. The number of rotatable bonds is 6. The molecule has 0 atom stereocenters. The largest absolute Gasteiger partial charge is 0.480 e. The van der Waals surface area contributed by atoms with Crippen molar-refractivity contribution < 1.29 is 28.6 Å². The zero-order chi connectivity index (χ0) is 16.0. The molecule has 0 aromatic carbocycles. The summed E-state index contributed by atoms with van der Waals surface area (Å²) >= 11 is 1.04. The van der Waals surface area contributed by atoms with Crippen molar-refractivity contribution in [3.8, 4) is 5.88 Å². The fraction of sp³-hybridized carbons (Fsp3) is 0.500. The molecule has 1 aromatic heterocycles. The SMILES string of the molecule is COC(=O)C(Cc1cc(OC)ns1)(NC(C)=O)C(=O)OC. The molecule has 0 saturated heterocycles. The van der Waals surface area contributed by atoms with E-state index < -0.39 is 23.4 Å². The summed E-state index contributed by atoms with van der Waals surface area (Å²) in [6.45, 7) is 1.19. The lowest BCUT2D eigenvalue weighted by Crippen LogP contribution is -2.62. The van der Waals surface area contributed by atoms with E-state index in [0.717, 1.165) is 25.8 Å². The van der Waals surface area contributed by atoms with Gasteiger partial charge in [0, 0.05) is 24.3 Å². The Labute approximate surface area is 125 Å². The van der Waals surface area contributed by atoms with E-state index in [1.54, 1.807) is 6.07 Å². The second-order valence-corrected chi connectivity index (χ2v) is 4.97. The van der Waals surface area contributed by atoms with Gasteiger partial charge in [-0.25, -0.2) is 9.59 Å². The average Bonchev–Trinajstić information content (AvgIpc) is 2.91.